The second-order valence-electron chi connectivity index (χ2n) is 4.54. The molecular formula is C14H13Cl2N3O2. The van der Waals surface area contributed by atoms with Crippen molar-refractivity contribution in [2.24, 2.45) is 0 Å². The van der Waals surface area contributed by atoms with Crippen molar-refractivity contribution in [2.45, 2.75) is 13.5 Å². The Balaban J connectivity index is 2.24. The van der Waals surface area contributed by atoms with Crippen molar-refractivity contribution in [3.63, 3.8) is 0 Å². The fourth-order valence-electron chi connectivity index (χ4n) is 1.69. The summed E-state index contributed by atoms with van der Waals surface area (Å²) in [5.74, 6) is -0.0599. The summed E-state index contributed by atoms with van der Waals surface area (Å²) in [7, 11) is 0. The maximum absolute atomic E-state index is 11.9. The molecule has 0 bridgehead atoms. The summed E-state index contributed by atoms with van der Waals surface area (Å²) in [6.07, 6.45) is 0. The molecular weight excluding hydrogens is 313 g/mol. The zero-order chi connectivity index (χ0) is 15.6. The number of carbonyl (C=O) groups excluding carboxylic acids is 1. The third-order valence-corrected chi connectivity index (χ3v) is 3.64. The topological polar surface area (TPSA) is 66.9 Å². The van der Waals surface area contributed by atoms with E-state index in [-0.39, 0.29) is 18.0 Å². The number of amides is 1. The molecule has 110 valence electrons. The molecule has 0 saturated heterocycles. The van der Waals surface area contributed by atoms with E-state index in [1.807, 2.05) is 0 Å². The first-order chi connectivity index (χ1) is 9.88. The maximum Gasteiger partial charge on any atom is 0.268 e. The molecule has 0 aliphatic rings. The molecule has 0 spiro atoms. The van der Waals surface area contributed by atoms with Crippen LogP contribution in [0.3, 0.4) is 0 Å². The first kappa shape index (κ1) is 15.4. The van der Waals surface area contributed by atoms with Crippen LogP contribution < -0.4 is 10.9 Å². The summed E-state index contributed by atoms with van der Waals surface area (Å²) < 4.78 is 1.32. The lowest BCUT2D eigenvalue weighted by Crippen LogP contribution is -2.17. The normalized spacial score (nSPS) is 10.4. The van der Waals surface area contributed by atoms with Crippen LogP contribution in [-0.4, -0.2) is 15.7 Å². The zero-order valence-electron chi connectivity index (χ0n) is 11.2. The predicted molar refractivity (Wildman–Crippen MR) is 84.1 cm³/mol. The minimum absolute atomic E-state index is 0.223. The van der Waals surface area contributed by atoms with Gasteiger partial charge in [-0.3, -0.25) is 14.7 Å². The van der Waals surface area contributed by atoms with Gasteiger partial charge in [0.1, 0.15) is 5.82 Å². The number of nitrogens with zero attached hydrogens (tertiary/aromatic N) is 1. The number of nitrogens with one attached hydrogen (secondary N) is 2. The van der Waals surface area contributed by atoms with E-state index in [1.165, 1.54) is 10.7 Å². The minimum Gasteiger partial charge on any atom is -0.307 e. The van der Waals surface area contributed by atoms with Crippen LogP contribution in [0.2, 0.25) is 10.0 Å². The van der Waals surface area contributed by atoms with Crippen LogP contribution in [0.5, 0.6) is 0 Å². The lowest BCUT2D eigenvalue weighted by Gasteiger charge is -2.06. The zero-order valence-corrected chi connectivity index (χ0v) is 12.8. The second-order valence-corrected chi connectivity index (χ2v) is 5.33. The van der Waals surface area contributed by atoms with Gasteiger partial charge in [0, 0.05) is 11.6 Å². The quantitative estimate of drug-likeness (QED) is 0.848. The molecule has 0 saturated carbocycles. The largest absolute Gasteiger partial charge is 0.307 e. The van der Waals surface area contributed by atoms with Gasteiger partial charge in [0.25, 0.3) is 11.5 Å². The van der Waals surface area contributed by atoms with Gasteiger partial charge in [0.2, 0.25) is 0 Å². The molecule has 1 aromatic heterocycles. The van der Waals surface area contributed by atoms with Crippen molar-refractivity contribution in [3.05, 3.63) is 62.4 Å². The lowest BCUT2D eigenvalue weighted by molar-refractivity contribution is -0.112. The average molecular weight is 326 g/mol. The van der Waals surface area contributed by atoms with Crippen LogP contribution in [0.25, 0.3) is 0 Å². The molecule has 0 fully saturated rings. The number of aromatic nitrogens is 2. The van der Waals surface area contributed by atoms with Gasteiger partial charge in [-0.2, -0.15) is 0 Å². The highest BCUT2D eigenvalue weighted by Gasteiger charge is 2.10. The predicted octanol–water partition coefficient (Wildman–Crippen LogP) is 3.05. The van der Waals surface area contributed by atoms with E-state index < -0.39 is 0 Å². The Morgan fingerprint density at radius 1 is 1.43 bits per heavy atom. The number of benzene rings is 1. The van der Waals surface area contributed by atoms with Crippen molar-refractivity contribution in [3.8, 4) is 0 Å². The van der Waals surface area contributed by atoms with Crippen molar-refractivity contribution in [1.29, 1.82) is 0 Å². The van der Waals surface area contributed by atoms with Gasteiger partial charge in [-0.05, 0) is 18.6 Å². The SMILES string of the molecule is C=C(C)C(=O)Nc1cc(=O)n(Cc2cccc(Cl)c2Cl)[nH]1. The molecule has 1 heterocycles. The monoisotopic (exact) mass is 325 g/mol. The van der Waals surface area contributed by atoms with Gasteiger partial charge < -0.3 is 5.32 Å². The molecule has 21 heavy (non-hydrogen) atoms. The first-order valence-corrected chi connectivity index (χ1v) is 6.83. The van der Waals surface area contributed by atoms with Crippen LogP contribution in [-0.2, 0) is 11.3 Å². The van der Waals surface area contributed by atoms with Crippen LogP contribution >= 0.6 is 23.2 Å². The number of rotatable bonds is 4. The number of carbonyl (C=O) groups is 1. The van der Waals surface area contributed by atoms with E-state index in [1.54, 1.807) is 25.1 Å². The van der Waals surface area contributed by atoms with E-state index >= 15 is 0 Å². The minimum atomic E-state index is -0.357. The number of anilines is 1. The summed E-state index contributed by atoms with van der Waals surface area (Å²) in [6, 6.07) is 6.48. The number of hydrogen-bond donors (Lipinski definition) is 2. The highest BCUT2D eigenvalue weighted by Crippen LogP contribution is 2.25. The summed E-state index contributed by atoms with van der Waals surface area (Å²) in [4.78, 5) is 23.4. The highest BCUT2D eigenvalue weighted by atomic mass is 35.5. The van der Waals surface area contributed by atoms with Crippen molar-refractivity contribution < 1.29 is 4.79 Å². The van der Waals surface area contributed by atoms with Crippen LogP contribution in [0.4, 0.5) is 5.82 Å². The summed E-state index contributed by atoms with van der Waals surface area (Å²) in [5, 5.41) is 6.15. The standard InChI is InChI=1S/C14H13Cl2N3O2/c1-8(2)14(21)17-11-6-12(20)19(18-11)7-9-4-3-5-10(15)13(9)16/h3-6,18H,1,7H2,2H3,(H,17,21). The first-order valence-electron chi connectivity index (χ1n) is 6.08. The van der Waals surface area contributed by atoms with Crippen molar-refractivity contribution in [1.82, 2.24) is 9.78 Å². The van der Waals surface area contributed by atoms with E-state index in [4.69, 9.17) is 23.2 Å². The molecule has 0 unspecified atom stereocenters. The smallest absolute Gasteiger partial charge is 0.268 e. The Labute approximate surface area is 131 Å². The molecule has 5 nitrogen and oxygen atoms in total. The Bertz CT molecular complexity index is 762. The van der Waals surface area contributed by atoms with Gasteiger partial charge in [-0.1, -0.05) is 41.9 Å². The molecule has 1 aromatic carbocycles. The Morgan fingerprint density at radius 2 is 2.14 bits per heavy atom. The third-order valence-electron chi connectivity index (χ3n) is 2.79. The van der Waals surface area contributed by atoms with Crippen molar-refractivity contribution in [2.75, 3.05) is 5.32 Å². The lowest BCUT2D eigenvalue weighted by atomic mass is 10.2. The second kappa shape index (κ2) is 6.20. The van der Waals surface area contributed by atoms with E-state index in [0.717, 1.165) is 0 Å². The molecule has 0 aliphatic carbocycles. The van der Waals surface area contributed by atoms with Crippen LogP contribution in [0.15, 0.2) is 41.2 Å². The van der Waals surface area contributed by atoms with Crippen LogP contribution in [0.1, 0.15) is 12.5 Å². The maximum atomic E-state index is 11.9. The molecule has 0 atom stereocenters. The number of halogens is 2. The Morgan fingerprint density at radius 3 is 2.81 bits per heavy atom. The van der Waals surface area contributed by atoms with Gasteiger partial charge in [-0.15, -0.1) is 0 Å². The van der Waals surface area contributed by atoms with E-state index in [0.29, 0.717) is 27.0 Å². The highest BCUT2D eigenvalue weighted by molar-refractivity contribution is 6.42. The third kappa shape index (κ3) is 3.56. The molecule has 0 aliphatic heterocycles. The number of hydrogen-bond acceptors (Lipinski definition) is 2. The van der Waals surface area contributed by atoms with Gasteiger partial charge in [0.15, 0.2) is 0 Å². The van der Waals surface area contributed by atoms with Gasteiger partial charge in [-0.25, -0.2) is 4.68 Å². The summed E-state index contributed by atoms with van der Waals surface area (Å²) in [5.41, 5.74) is 0.760. The van der Waals surface area contributed by atoms with Crippen LogP contribution in [0, 0.1) is 0 Å². The van der Waals surface area contributed by atoms with E-state index in [2.05, 4.69) is 17.0 Å². The summed E-state index contributed by atoms with van der Waals surface area (Å²) in [6.45, 7) is 5.33. The van der Waals surface area contributed by atoms with Crippen molar-refractivity contribution >= 4 is 34.9 Å². The Kier molecular flexibility index (Phi) is 4.55. The Hall–Kier alpha value is -1.98. The molecule has 0 radical (unpaired) electrons. The molecule has 2 rings (SSSR count). The number of H-pyrrole nitrogens is 1. The number of aromatic amines is 1. The fourth-order valence-corrected chi connectivity index (χ4v) is 2.07. The van der Waals surface area contributed by atoms with E-state index in [9.17, 15) is 9.59 Å². The molecule has 2 N–H and O–H groups in total. The van der Waals surface area contributed by atoms with Gasteiger partial charge >= 0.3 is 0 Å². The molecule has 7 heteroatoms. The average Bonchev–Trinajstić information content (AvgIpc) is 2.75. The van der Waals surface area contributed by atoms with Gasteiger partial charge in [0.05, 0.1) is 16.6 Å². The fraction of sp³-hybridized carbons (Fsp3) is 0.143. The molecule has 1 amide bonds. The molecule has 2 aromatic rings. The summed E-state index contributed by atoms with van der Waals surface area (Å²) >= 11 is 12.0.